The Morgan fingerprint density at radius 2 is 1.92 bits per heavy atom. The van der Waals surface area contributed by atoms with Crippen molar-refractivity contribution >= 4 is 11.9 Å². The highest BCUT2D eigenvalue weighted by Crippen LogP contribution is 2.36. The molecule has 2 aliphatic rings. The highest BCUT2D eigenvalue weighted by molar-refractivity contribution is 6.01. The number of urea groups is 1. The van der Waals surface area contributed by atoms with Crippen LogP contribution in [0.25, 0.3) is 0 Å². The van der Waals surface area contributed by atoms with Crippen LogP contribution in [0.4, 0.5) is 4.79 Å². The van der Waals surface area contributed by atoms with Crippen LogP contribution in [0, 0.1) is 5.92 Å². The topological polar surface area (TPSA) is 72.9 Å². The summed E-state index contributed by atoms with van der Waals surface area (Å²) in [5, 5.41) is 12.3. The minimum absolute atomic E-state index is 0.0186. The average Bonchev–Trinajstić information content (AvgIpc) is 2.95. The Balaban J connectivity index is 1.98. The fourth-order valence-electron chi connectivity index (χ4n) is 3.27. The van der Waals surface area contributed by atoms with Gasteiger partial charge in [-0.05, 0) is 18.4 Å². The minimum atomic E-state index is -0.431. The molecule has 1 aromatic carbocycles. The van der Waals surface area contributed by atoms with E-state index in [0.29, 0.717) is 12.1 Å². The second-order valence-corrected chi connectivity index (χ2v) is 6.55. The maximum Gasteiger partial charge on any atom is 0.322 e. The largest absolute Gasteiger partial charge is 0.396 e. The highest BCUT2D eigenvalue weighted by Gasteiger charge is 2.44. The Kier molecular flexibility index (Phi) is 4.32. The van der Waals surface area contributed by atoms with Gasteiger partial charge in [0.05, 0.1) is 23.9 Å². The Bertz CT molecular complexity index is 686. The molecular weight excluding hydrogens is 306 g/mol. The molecule has 2 heterocycles. The molecule has 128 valence electrons. The molecule has 2 N–H and O–H groups in total. The summed E-state index contributed by atoms with van der Waals surface area (Å²) in [5.74, 6) is -0.0991. The van der Waals surface area contributed by atoms with E-state index in [1.54, 1.807) is 11.9 Å². The van der Waals surface area contributed by atoms with E-state index in [-0.39, 0.29) is 30.5 Å². The fraction of sp³-hybridized carbons (Fsp3) is 0.444. The lowest BCUT2D eigenvalue weighted by molar-refractivity contribution is -0.128. The smallest absolute Gasteiger partial charge is 0.322 e. The van der Waals surface area contributed by atoms with Crippen LogP contribution in [-0.2, 0) is 4.79 Å². The van der Waals surface area contributed by atoms with Crippen molar-refractivity contribution in [3.63, 3.8) is 0 Å². The number of nitrogens with one attached hydrogen (secondary N) is 1. The number of hydrogen-bond acceptors (Lipinski definition) is 3. The Morgan fingerprint density at radius 3 is 2.54 bits per heavy atom. The predicted molar refractivity (Wildman–Crippen MR) is 89.9 cm³/mol. The van der Waals surface area contributed by atoms with Crippen molar-refractivity contribution in [2.75, 3.05) is 20.2 Å². The second kappa shape index (κ2) is 6.28. The van der Waals surface area contributed by atoms with Crippen LogP contribution in [0.1, 0.15) is 25.5 Å². The first-order chi connectivity index (χ1) is 11.5. The van der Waals surface area contributed by atoms with E-state index in [0.717, 1.165) is 11.3 Å². The lowest BCUT2D eigenvalue weighted by atomic mass is 9.95. The van der Waals surface area contributed by atoms with Gasteiger partial charge in [-0.1, -0.05) is 37.3 Å². The summed E-state index contributed by atoms with van der Waals surface area (Å²) in [5.41, 5.74) is 2.26. The predicted octanol–water partition coefficient (Wildman–Crippen LogP) is 1.50. The van der Waals surface area contributed by atoms with Gasteiger partial charge in [0.1, 0.15) is 0 Å². The van der Waals surface area contributed by atoms with Crippen LogP contribution >= 0.6 is 0 Å². The molecule has 24 heavy (non-hydrogen) atoms. The number of carbonyl (C=O) groups excluding carboxylic acids is 2. The summed E-state index contributed by atoms with van der Waals surface area (Å²) in [4.78, 5) is 28.6. The van der Waals surface area contributed by atoms with Gasteiger partial charge < -0.3 is 15.3 Å². The number of rotatable bonds is 4. The van der Waals surface area contributed by atoms with E-state index in [4.69, 9.17) is 0 Å². The van der Waals surface area contributed by atoms with E-state index < -0.39 is 6.04 Å². The number of amides is 3. The molecule has 3 rings (SSSR count). The van der Waals surface area contributed by atoms with Gasteiger partial charge in [-0.2, -0.15) is 0 Å². The van der Waals surface area contributed by atoms with Crippen molar-refractivity contribution in [2.24, 2.45) is 5.92 Å². The van der Waals surface area contributed by atoms with Crippen molar-refractivity contribution in [1.29, 1.82) is 0 Å². The van der Waals surface area contributed by atoms with Crippen molar-refractivity contribution in [3.05, 3.63) is 47.2 Å². The minimum Gasteiger partial charge on any atom is -0.396 e. The third-order valence-corrected chi connectivity index (χ3v) is 5.12. The van der Waals surface area contributed by atoms with E-state index in [1.165, 1.54) is 4.90 Å². The van der Waals surface area contributed by atoms with Gasteiger partial charge >= 0.3 is 6.03 Å². The monoisotopic (exact) mass is 329 g/mol. The molecule has 6 heteroatoms. The van der Waals surface area contributed by atoms with Crippen LogP contribution in [0.2, 0.25) is 0 Å². The number of benzene rings is 1. The first-order valence-corrected chi connectivity index (χ1v) is 8.19. The molecule has 0 aromatic heterocycles. The van der Waals surface area contributed by atoms with Crippen LogP contribution in [0.3, 0.4) is 0 Å². The number of carbonyl (C=O) groups is 2. The molecule has 0 spiro atoms. The van der Waals surface area contributed by atoms with Gasteiger partial charge in [0.15, 0.2) is 0 Å². The van der Waals surface area contributed by atoms with Gasteiger partial charge in [0, 0.05) is 19.7 Å². The molecule has 0 bridgehead atoms. The van der Waals surface area contributed by atoms with Crippen molar-refractivity contribution < 1.29 is 14.7 Å². The molecule has 2 aliphatic heterocycles. The Labute approximate surface area is 141 Å². The maximum atomic E-state index is 13.0. The zero-order valence-electron chi connectivity index (χ0n) is 14.2. The lowest BCUT2D eigenvalue weighted by Gasteiger charge is -2.31. The van der Waals surface area contributed by atoms with E-state index >= 15 is 0 Å². The summed E-state index contributed by atoms with van der Waals surface area (Å²) in [6.07, 6.45) is 0. The summed E-state index contributed by atoms with van der Waals surface area (Å²) in [7, 11) is 1.68. The molecule has 3 atom stereocenters. The molecule has 0 radical (unpaired) electrons. The molecule has 0 fully saturated rings. The zero-order chi connectivity index (χ0) is 17.4. The molecule has 1 aromatic rings. The third-order valence-electron chi connectivity index (χ3n) is 5.12. The van der Waals surface area contributed by atoms with E-state index in [1.807, 2.05) is 44.2 Å². The quantitative estimate of drug-likeness (QED) is 0.879. The molecule has 3 unspecified atom stereocenters. The van der Waals surface area contributed by atoms with Crippen LogP contribution in [0.5, 0.6) is 0 Å². The number of likely N-dealkylation sites (N-methyl/N-ethyl adjacent to an activating group) is 1. The number of nitrogens with zero attached hydrogens (tertiary/aromatic N) is 2. The molecule has 3 amide bonds. The first-order valence-electron chi connectivity index (χ1n) is 8.19. The van der Waals surface area contributed by atoms with Crippen molar-refractivity contribution in [2.45, 2.75) is 25.9 Å². The lowest BCUT2D eigenvalue weighted by Crippen LogP contribution is -2.45. The van der Waals surface area contributed by atoms with Crippen molar-refractivity contribution in [3.8, 4) is 0 Å². The summed E-state index contributed by atoms with van der Waals surface area (Å²) in [6, 6.07) is 8.78. The third kappa shape index (κ3) is 2.57. The van der Waals surface area contributed by atoms with Gasteiger partial charge in [-0.3, -0.25) is 9.69 Å². The summed E-state index contributed by atoms with van der Waals surface area (Å²) < 4.78 is 0. The summed E-state index contributed by atoms with van der Waals surface area (Å²) in [6.45, 7) is 4.26. The normalized spacial score (nSPS) is 23.2. The molecule has 0 saturated carbocycles. The van der Waals surface area contributed by atoms with Gasteiger partial charge in [0.25, 0.3) is 5.91 Å². The van der Waals surface area contributed by atoms with E-state index in [2.05, 4.69) is 5.32 Å². The van der Waals surface area contributed by atoms with E-state index in [9.17, 15) is 14.7 Å². The molecule has 6 nitrogen and oxygen atoms in total. The summed E-state index contributed by atoms with van der Waals surface area (Å²) >= 11 is 0. The Hall–Kier alpha value is -2.34. The molecular formula is C18H23N3O3. The van der Waals surface area contributed by atoms with Gasteiger partial charge in [0.2, 0.25) is 0 Å². The highest BCUT2D eigenvalue weighted by atomic mass is 16.3. The van der Waals surface area contributed by atoms with Gasteiger partial charge in [-0.15, -0.1) is 0 Å². The second-order valence-electron chi connectivity index (χ2n) is 6.55. The number of aliphatic hydroxyl groups excluding tert-OH is 1. The average molecular weight is 329 g/mol. The fourth-order valence-corrected chi connectivity index (χ4v) is 3.27. The number of aliphatic hydroxyl groups is 1. The van der Waals surface area contributed by atoms with Crippen LogP contribution in [0.15, 0.2) is 41.6 Å². The van der Waals surface area contributed by atoms with Crippen molar-refractivity contribution in [1.82, 2.24) is 15.1 Å². The standard InChI is InChI=1S/C18H23N3O3/c1-11(10-22)12(2)21-9-14-15(17(21)23)16(19-18(24)20(14)3)13-7-5-4-6-8-13/h4-8,11-12,16,22H,9-10H2,1-3H3,(H,19,24). The Morgan fingerprint density at radius 1 is 1.25 bits per heavy atom. The number of hydrogen-bond donors (Lipinski definition) is 2. The molecule has 0 aliphatic carbocycles. The zero-order valence-corrected chi connectivity index (χ0v) is 14.2. The van der Waals surface area contributed by atoms with Crippen LogP contribution < -0.4 is 5.32 Å². The van der Waals surface area contributed by atoms with Crippen LogP contribution in [-0.4, -0.2) is 53.1 Å². The SMILES string of the molecule is CC(CO)C(C)N1CC2=C(C1=O)C(c1ccccc1)NC(=O)N2C. The molecule has 0 saturated heterocycles. The maximum absolute atomic E-state index is 13.0. The first kappa shape index (κ1) is 16.5. The van der Waals surface area contributed by atoms with Gasteiger partial charge in [-0.25, -0.2) is 4.79 Å².